The molecule has 27 heteroatoms. The third-order valence-electron chi connectivity index (χ3n) is 8.97. The summed E-state index contributed by atoms with van der Waals surface area (Å²) in [6, 6.07) is -3.06. The first-order valence-corrected chi connectivity index (χ1v) is 21.4. The van der Waals surface area contributed by atoms with Gasteiger partial charge in [0.25, 0.3) is 0 Å². The van der Waals surface area contributed by atoms with Crippen LogP contribution in [0.3, 0.4) is 0 Å². The molecule has 0 bridgehead atoms. The van der Waals surface area contributed by atoms with Crippen LogP contribution in [0.4, 0.5) is 0 Å². The zero-order chi connectivity index (χ0) is 45.2. The smallest absolute Gasteiger partial charge is 0.549 e. The molecule has 61 heavy (non-hydrogen) atoms. The Balaban J connectivity index is 0.0000360. The quantitative estimate of drug-likeness (QED) is 0.0217. The van der Waals surface area contributed by atoms with Crippen LogP contribution < -0.4 is 48.1 Å². The van der Waals surface area contributed by atoms with Crippen LogP contribution in [-0.2, 0) is 47.9 Å². The molecule has 0 aromatic carbocycles. The second-order valence-corrected chi connectivity index (χ2v) is 16.2. The fourth-order valence-corrected chi connectivity index (χ4v) is 7.96. The Morgan fingerprint density at radius 1 is 0.656 bits per heavy atom. The number of Topliss-reactive ketones (excluding diaryl/α,β-unsaturated/α-hetero) is 1. The van der Waals surface area contributed by atoms with E-state index in [0.29, 0.717) is 0 Å². The van der Waals surface area contributed by atoms with Gasteiger partial charge in [0.05, 0.1) is 43.3 Å². The van der Waals surface area contributed by atoms with Crippen LogP contribution in [0.1, 0.15) is 32.6 Å². The molecule has 4 atom stereocenters. The Hall–Kier alpha value is -2.83. The number of likely N-dealkylation sites (N-methyl/N-ethyl adjacent to an activating group) is 1. The van der Waals surface area contributed by atoms with Gasteiger partial charge in [-0.3, -0.25) is 48.4 Å². The average Bonchev–Trinajstić information content (AvgIpc) is 3.14. The first-order valence-electron chi connectivity index (χ1n) is 19.0. The molecule has 0 aromatic rings. The van der Waals surface area contributed by atoms with Gasteiger partial charge in [-0.05, 0) is 26.8 Å². The minimum Gasteiger partial charge on any atom is -0.549 e. The first kappa shape index (κ1) is 58.2. The molecule has 0 aromatic heterocycles. The summed E-state index contributed by atoms with van der Waals surface area (Å²) in [6.07, 6.45) is -1.58. The molecule has 4 unspecified atom stereocenters. The van der Waals surface area contributed by atoms with E-state index in [9.17, 15) is 58.5 Å². The van der Waals surface area contributed by atoms with Crippen molar-refractivity contribution < 1.29 is 108 Å². The molecule has 0 saturated carbocycles. The van der Waals surface area contributed by atoms with Crippen molar-refractivity contribution in [1.29, 1.82) is 0 Å². The van der Waals surface area contributed by atoms with Gasteiger partial charge in [-0.2, -0.15) is 0 Å². The van der Waals surface area contributed by atoms with Gasteiger partial charge in [0.15, 0.2) is 5.78 Å². The van der Waals surface area contributed by atoms with Crippen molar-refractivity contribution in [2.45, 2.75) is 57.0 Å². The Kier molecular flexibility index (Phi) is 31.3. The second kappa shape index (κ2) is 32.8. The molecule has 1 saturated heterocycles. The fourth-order valence-electron chi connectivity index (χ4n) is 5.72. The maximum Gasteiger partial charge on any atom is 3.00 e. The number of nitrogens with one attached hydrogen (secondary N) is 4. The number of aliphatic carboxylic acids is 4. The van der Waals surface area contributed by atoms with E-state index in [1.54, 1.807) is 4.90 Å². The molecule has 1 rings (SSSR count). The van der Waals surface area contributed by atoms with Crippen LogP contribution in [0.5, 0.6) is 0 Å². The summed E-state index contributed by atoms with van der Waals surface area (Å²) in [5.74, 6) is -8.04. The van der Waals surface area contributed by atoms with E-state index in [-0.39, 0.29) is 143 Å². The molecule has 9 N–H and O–H groups in total. The zero-order valence-corrected chi connectivity index (χ0v) is 38.0. The van der Waals surface area contributed by atoms with Crippen LogP contribution in [0, 0.1) is 39.9 Å². The SMILES string of the molecule is CNC(CCC(=O)O)C(=O)NC(CCC(=O)NC(CSSCC(NC(=O)CN1CCN(CC(=O)[O-])CCN(CC(=O)[O-])CCN(CC(=O)[O-])CC1)OCN)C(N)=O)C(C)=O.[Gd+3]. The van der Waals surface area contributed by atoms with Gasteiger partial charge < -0.3 is 72.3 Å². The molecule has 1 fully saturated rings. The minimum absolute atomic E-state index is 0. The number of nitrogens with two attached hydrogens (primary N) is 2. The number of ether oxygens (including phenoxy) is 1. The van der Waals surface area contributed by atoms with Crippen LogP contribution in [0.15, 0.2) is 0 Å². The number of hydrogen-bond donors (Lipinski definition) is 7. The van der Waals surface area contributed by atoms with Crippen molar-refractivity contribution in [2.75, 3.05) is 104 Å². The number of hydrogen-bond acceptors (Lipinski definition) is 21. The molecule has 1 aliphatic heterocycles. The topological polar surface area (TPSA) is 365 Å². The zero-order valence-electron chi connectivity index (χ0n) is 34.1. The van der Waals surface area contributed by atoms with Crippen LogP contribution in [0.25, 0.3) is 0 Å². The predicted molar refractivity (Wildman–Crippen MR) is 210 cm³/mol. The summed E-state index contributed by atoms with van der Waals surface area (Å²) in [5.41, 5.74) is 11.1. The molecule has 1 radical (unpaired) electrons. The van der Waals surface area contributed by atoms with E-state index >= 15 is 0 Å². The van der Waals surface area contributed by atoms with Crippen LogP contribution in [0.2, 0.25) is 0 Å². The van der Waals surface area contributed by atoms with Gasteiger partial charge in [-0.1, -0.05) is 21.6 Å². The van der Waals surface area contributed by atoms with Crippen molar-refractivity contribution >= 4 is 74.9 Å². The number of rotatable bonds is 28. The predicted octanol–water partition coefficient (Wildman–Crippen LogP) is -8.51. The summed E-state index contributed by atoms with van der Waals surface area (Å²) in [6.45, 7) is 0.596. The van der Waals surface area contributed by atoms with Gasteiger partial charge in [0, 0.05) is 96.3 Å². The Morgan fingerprint density at radius 3 is 1.49 bits per heavy atom. The standard InChI is InChI=1S/C34H60N10O14S2.Gd/c1-22(45)23(39-34(57)24(37-2)4-6-29(48)49)3-5-26(46)38-25(33(36)56)19-59-60-20-28(58-21-35)40-27(47)15-41-7-9-42(16-30(50)51)11-13-44(18-32(54)55)14-12-43(10-8-41)17-31(52)53;/h23-25,28,37H,3-21,35H2,1-2H3,(H2,36,56)(H,38,46)(H,39,57)(H,40,47)(H,48,49)(H,50,51)(H,52,53)(H,54,55);/q;+3/p-3. The average molecular weight is 1050 g/mol. The van der Waals surface area contributed by atoms with Gasteiger partial charge in [0.2, 0.25) is 23.6 Å². The Morgan fingerprint density at radius 2 is 1.10 bits per heavy atom. The molecule has 0 spiro atoms. The normalized spacial score (nSPS) is 16.8. The summed E-state index contributed by atoms with van der Waals surface area (Å²) < 4.78 is 5.47. The van der Waals surface area contributed by atoms with E-state index < -0.39 is 97.3 Å². The van der Waals surface area contributed by atoms with Crippen LogP contribution in [-0.4, -0.2) is 206 Å². The molecular formula is C34H57GdN10O14S2. The minimum atomic E-state index is -1.35. The number of nitrogens with zero attached hydrogens (tertiary/aromatic N) is 4. The molecule has 1 aliphatic rings. The molecular weight excluding hydrogens is 994 g/mol. The number of carbonyl (C=O) groups excluding carboxylic acids is 8. The number of carbonyl (C=O) groups is 9. The van der Waals surface area contributed by atoms with E-state index in [1.807, 2.05) is 0 Å². The molecule has 24 nitrogen and oxygen atoms in total. The van der Waals surface area contributed by atoms with Crippen molar-refractivity contribution in [1.82, 2.24) is 40.9 Å². The fraction of sp³-hybridized carbons (Fsp3) is 0.735. The maximum atomic E-state index is 13.2. The molecule has 0 aliphatic carbocycles. The third kappa shape index (κ3) is 27.8. The number of primary amides is 1. The van der Waals surface area contributed by atoms with Crippen molar-refractivity contribution in [3.63, 3.8) is 0 Å². The molecule has 347 valence electrons. The first-order chi connectivity index (χ1) is 28.3. The summed E-state index contributed by atoms with van der Waals surface area (Å²) in [5, 5.41) is 53.5. The number of carboxylic acid groups (broad SMARTS) is 4. The monoisotopic (exact) mass is 1050 g/mol. The maximum absolute atomic E-state index is 13.2. The van der Waals surface area contributed by atoms with Gasteiger partial charge in [-0.15, -0.1) is 0 Å². The second-order valence-electron chi connectivity index (χ2n) is 13.7. The molecule has 1 heterocycles. The Bertz CT molecular complexity index is 1430. The van der Waals surface area contributed by atoms with Crippen LogP contribution >= 0.6 is 21.6 Å². The van der Waals surface area contributed by atoms with E-state index in [1.165, 1.54) is 39.5 Å². The van der Waals surface area contributed by atoms with Crippen molar-refractivity contribution in [3.8, 4) is 0 Å². The summed E-state index contributed by atoms with van der Waals surface area (Å²) in [4.78, 5) is 114. The third-order valence-corrected chi connectivity index (χ3v) is 11.4. The van der Waals surface area contributed by atoms with E-state index in [0.717, 1.165) is 10.8 Å². The number of ketones is 1. The van der Waals surface area contributed by atoms with E-state index in [4.69, 9.17) is 21.3 Å². The van der Waals surface area contributed by atoms with Crippen molar-refractivity contribution in [3.05, 3.63) is 0 Å². The van der Waals surface area contributed by atoms with E-state index in [2.05, 4.69) is 21.3 Å². The molecule has 4 amide bonds. The largest absolute Gasteiger partial charge is 3.00 e. The number of amides is 4. The van der Waals surface area contributed by atoms with Gasteiger partial charge in [0.1, 0.15) is 12.3 Å². The summed E-state index contributed by atoms with van der Waals surface area (Å²) in [7, 11) is 3.76. The van der Waals surface area contributed by atoms with Crippen molar-refractivity contribution in [2.24, 2.45) is 11.5 Å². The number of carboxylic acids is 4. The van der Waals surface area contributed by atoms with Gasteiger partial charge in [-0.25, -0.2) is 0 Å². The van der Waals surface area contributed by atoms with Gasteiger partial charge >= 0.3 is 45.9 Å². The Labute approximate surface area is 393 Å². The summed E-state index contributed by atoms with van der Waals surface area (Å²) >= 11 is 0.